The first-order chi connectivity index (χ1) is 8.24. The summed E-state index contributed by atoms with van der Waals surface area (Å²) in [6, 6.07) is 5.34. The zero-order valence-electron chi connectivity index (χ0n) is 8.75. The van der Waals surface area contributed by atoms with E-state index in [0.29, 0.717) is 10.7 Å². The number of nitrogens with zero attached hydrogens (tertiary/aromatic N) is 4. The summed E-state index contributed by atoms with van der Waals surface area (Å²) in [5.74, 6) is -0.380. The van der Waals surface area contributed by atoms with Gasteiger partial charge in [0.1, 0.15) is 0 Å². The first-order valence-corrected chi connectivity index (χ1v) is 5.53. The number of hydrogen-bond acceptors (Lipinski definition) is 7. The van der Waals surface area contributed by atoms with Crippen LogP contribution in [0.25, 0.3) is 11.1 Å². The lowest BCUT2D eigenvalue weighted by Crippen LogP contribution is -2.08. The van der Waals surface area contributed by atoms with Crippen LogP contribution in [0.5, 0.6) is 0 Å². The number of anilines is 2. The van der Waals surface area contributed by atoms with Crippen molar-refractivity contribution in [2.24, 2.45) is 7.05 Å². The lowest BCUT2D eigenvalue weighted by atomic mass is 10.3. The van der Waals surface area contributed by atoms with Crippen LogP contribution in [0.3, 0.4) is 0 Å². The first kappa shape index (κ1) is 9.97. The standard InChI is InChI=1S/C9H7N5O2S/c1-14-6-4-5(10-8-11-12-13-17-8)2-3-7(6)16-9(14)15/h2-4H,1H3,(H,10,11,13). The highest BCUT2D eigenvalue weighted by Gasteiger charge is 2.07. The summed E-state index contributed by atoms with van der Waals surface area (Å²) in [4.78, 5) is 11.3. The molecule has 0 unspecified atom stereocenters. The van der Waals surface area contributed by atoms with Crippen molar-refractivity contribution in [2.75, 3.05) is 5.32 Å². The maximum absolute atomic E-state index is 11.3. The number of aryl methyl sites for hydroxylation is 1. The van der Waals surface area contributed by atoms with Crippen LogP contribution in [0.4, 0.5) is 10.8 Å². The van der Waals surface area contributed by atoms with Crippen LogP contribution in [0.15, 0.2) is 27.4 Å². The molecule has 3 aromatic rings. The molecule has 2 heterocycles. The highest BCUT2D eigenvalue weighted by molar-refractivity contribution is 7.09. The summed E-state index contributed by atoms with van der Waals surface area (Å²) in [6.45, 7) is 0. The van der Waals surface area contributed by atoms with Gasteiger partial charge in [-0.05, 0) is 23.4 Å². The van der Waals surface area contributed by atoms with Gasteiger partial charge in [0.2, 0.25) is 5.13 Å². The minimum absolute atomic E-state index is 0.380. The minimum atomic E-state index is -0.380. The van der Waals surface area contributed by atoms with E-state index in [-0.39, 0.29) is 5.76 Å². The Hall–Kier alpha value is -2.22. The smallest absolute Gasteiger partial charge is 0.408 e. The third-order valence-corrected chi connectivity index (χ3v) is 2.85. The van der Waals surface area contributed by atoms with Crippen molar-refractivity contribution in [3.05, 3.63) is 28.7 Å². The molecular weight excluding hydrogens is 242 g/mol. The number of nitrogens with one attached hydrogen (secondary N) is 1. The first-order valence-electron chi connectivity index (χ1n) is 4.76. The van der Waals surface area contributed by atoms with E-state index in [9.17, 15) is 4.79 Å². The molecule has 3 rings (SSSR count). The molecule has 0 fully saturated rings. The normalized spacial score (nSPS) is 10.9. The van der Waals surface area contributed by atoms with Crippen LogP contribution >= 0.6 is 11.5 Å². The molecule has 0 atom stereocenters. The van der Waals surface area contributed by atoms with Crippen molar-refractivity contribution in [2.45, 2.75) is 0 Å². The Kier molecular flexibility index (Phi) is 2.15. The quantitative estimate of drug-likeness (QED) is 0.732. The van der Waals surface area contributed by atoms with E-state index < -0.39 is 0 Å². The van der Waals surface area contributed by atoms with Crippen LogP contribution in [0.1, 0.15) is 0 Å². The molecule has 2 aromatic heterocycles. The molecule has 0 saturated heterocycles. The highest BCUT2D eigenvalue weighted by Crippen LogP contribution is 2.21. The SMILES string of the molecule is Cn1c(=O)oc2ccc(Nc3nnns3)cc21. The Morgan fingerprint density at radius 1 is 1.47 bits per heavy atom. The van der Waals surface area contributed by atoms with Gasteiger partial charge < -0.3 is 9.73 Å². The minimum Gasteiger partial charge on any atom is -0.408 e. The Bertz CT molecular complexity index is 715. The molecule has 17 heavy (non-hydrogen) atoms. The number of hydrogen-bond donors (Lipinski definition) is 1. The van der Waals surface area contributed by atoms with E-state index in [4.69, 9.17) is 4.42 Å². The summed E-state index contributed by atoms with van der Waals surface area (Å²) in [7, 11) is 1.66. The van der Waals surface area contributed by atoms with Crippen molar-refractivity contribution < 1.29 is 4.42 Å². The summed E-state index contributed by atoms with van der Waals surface area (Å²) in [5, 5.41) is 10.9. The average Bonchev–Trinajstić information content (AvgIpc) is 2.91. The van der Waals surface area contributed by atoms with Gasteiger partial charge >= 0.3 is 5.76 Å². The molecule has 0 aliphatic heterocycles. The van der Waals surface area contributed by atoms with Crippen molar-refractivity contribution >= 4 is 33.5 Å². The average molecular weight is 249 g/mol. The molecular formula is C9H7N5O2S. The molecule has 0 amide bonds. The van der Waals surface area contributed by atoms with Crippen LogP contribution in [-0.2, 0) is 7.05 Å². The van der Waals surface area contributed by atoms with Crippen LogP contribution in [-0.4, -0.2) is 19.4 Å². The number of aromatic nitrogens is 4. The van der Waals surface area contributed by atoms with Gasteiger partial charge in [0, 0.05) is 24.3 Å². The maximum Gasteiger partial charge on any atom is 0.419 e. The Morgan fingerprint density at radius 3 is 3.12 bits per heavy atom. The molecule has 0 saturated carbocycles. The third-order valence-electron chi connectivity index (χ3n) is 2.34. The van der Waals surface area contributed by atoms with Gasteiger partial charge in [-0.25, -0.2) is 4.79 Å². The maximum atomic E-state index is 11.3. The number of fused-ring (bicyclic) bond motifs is 1. The van der Waals surface area contributed by atoms with Crippen LogP contribution < -0.4 is 11.1 Å². The molecule has 0 aliphatic carbocycles. The fraction of sp³-hybridized carbons (Fsp3) is 0.111. The van der Waals surface area contributed by atoms with Gasteiger partial charge in [-0.3, -0.25) is 4.57 Å². The number of rotatable bonds is 2. The third kappa shape index (κ3) is 1.68. The van der Waals surface area contributed by atoms with Gasteiger partial charge in [0.25, 0.3) is 0 Å². The fourth-order valence-electron chi connectivity index (χ4n) is 1.51. The molecule has 0 bridgehead atoms. The summed E-state index contributed by atoms with van der Waals surface area (Å²) >= 11 is 1.16. The summed E-state index contributed by atoms with van der Waals surface area (Å²) in [6.07, 6.45) is 0. The van der Waals surface area contributed by atoms with Crippen LogP contribution in [0, 0.1) is 0 Å². The van der Waals surface area contributed by atoms with Crippen molar-refractivity contribution in [3.63, 3.8) is 0 Å². The van der Waals surface area contributed by atoms with E-state index in [1.165, 1.54) is 4.57 Å². The lowest BCUT2D eigenvalue weighted by molar-refractivity contribution is 0.528. The Morgan fingerprint density at radius 2 is 2.35 bits per heavy atom. The molecule has 1 aromatic carbocycles. The summed E-state index contributed by atoms with van der Waals surface area (Å²) < 4.78 is 10.1. The zero-order valence-corrected chi connectivity index (χ0v) is 9.56. The molecule has 0 spiro atoms. The molecule has 7 nitrogen and oxygen atoms in total. The van der Waals surface area contributed by atoms with E-state index in [1.807, 2.05) is 6.07 Å². The van der Waals surface area contributed by atoms with E-state index in [0.717, 1.165) is 22.7 Å². The Labute approximate surface area is 98.8 Å². The van der Waals surface area contributed by atoms with Crippen molar-refractivity contribution in [1.29, 1.82) is 0 Å². The monoisotopic (exact) mass is 249 g/mol. The Balaban J connectivity index is 2.07. The fourth-order valence-corrected chi connectivity index (χ4v) is 1.90. The second kappa shape index (κ2) is 3.67. The van der Waals surface area contributed by atoms with Gasteiger partial charge in [-0.2, -0.15) is 0 Å². The van der Waals surface area contributed by atoms with Gasteiger partial charge in [-0.15, -0.1) is 0 Å². The molecule has 0 aliphatic rings. The predicted molar refractivity (Wildman–Crippen MR) is 62.4 cm³/mol. The number of oxazole rings is 1. The van der Waals surface area contributed by atoms with Gasteiger partial charge in [-0.1, -0.05) is 9.59 Å². The van der Waals surface area contributed by atoms with Crippen LogP contribution in [0.2, 0.25) is 0 Å². The highest BCUT2D eigenvalue weighted by atomic mass is 32.1. The van der Waals surface area contributed by atoms with Gasteiger partial charge in [0.05, 0.1) is 5.52 Å². The molecule has 86 valence electrons. The van der Waals surface area contributed by atoms with Gasteiger partial charge in [0.15, 0.2) is 5.58 Å². The van der Waals surface area contributed by atoms with E-state index in [1.54, 1.807) is 19.2 Å². The van der Waals surface area contributed by atoms with Crippen molar-refractivity contribution in [3.8, 4) is 0 Å². The van der Waals surface area contributed by atoms with Crippen molar-refractivity contribution in [1.82, 2.24) is 19.4 Å². The molecule has 8 heteroatoms. The second-order valence-corrected chi connectivity index (χ2v) is 4.13. The predicted octanol–water partition coefficient (Wildman–Crippen LogP) is 1.12. The summed E-state index contributed by atoms with van der Waals surface area (Å²) in [5.41, 5.74) is 2.07. The molecule has 0 radical (unpaired) electrons. The zero-order chi connectivity index (χ0) is 11.8. The second-order valence-electron chi connectivity index (χ2n) is 3.40. The topological polar surface area (TPSA) is 85.8 Å². The van der Waals surface area contributed by atoms with E-state index in [2.05, 4.69) is 20.1 Å². The molecule has 1 N–H and O–H groups in total. The number of benzene rings is 1. The largest absolute Gasteiger partial charge is 0.419 e. The van der Waals surface area contributed by atoms with E-state index >= 15 is 0 Å². The lowest BCUT2D eigenvalue weighted by Gasteiger charge is -2.00.